The molecule has 0 radical (unpaired) electrons. The third-order valence-corrected chi connectivity index (χ3v) is 2.31. The van der Waals surface area contributed by atoms with Gasteiger partial charge in [-0.3, -0.25) is 0 Å². The Morgan fingerprint density at radius 1 is 1.42 bits per heavy atom. The number of hydrogen-bond donors (Lipinski definition) is 1. The Labute approximate surface area is 114 Å². The third-order valence-electron chi connectivity index (χ3n) is 2.31. The molecule has 0 fully saturated rings. The molecule has 5 heteroatoms. The fraction of sp³-hybridized carbons (Fsp3) is 0.571. The fourth-order valence-electron chi connectivity index (χ4n) is 1.21. The molecule has 0 aliphatic rings. The summed E-state index contributed by atoms with van der Waals surface area (Å²) >= 11 is 0. The maximum Gasteiger partial charge on any atom is 0.333 e. The van der Waals surface area contributed by atoms with E-state index in [1.165, 1.54) is 0 Å². The van der Waals surface area contributed by atoms with Crippen LogP contribution in [0.15, 0.2) is 24.8 Å². The second-order valence-corrected chi connectivity index (χ2v) is 5.17. The van der Waals surface area contributed by atoms with Crippen molar-refractivity contribution in [1.82, 2.24) is 0 Å². The molecule has 0 saturated carbocycles. The van der Waals surface area contributed by atoms with E-state index in [2.05, 4.69) is 13.2 Å². The monoisotopic (exact) mass is 269 g/mol. The van der Waals surface area contributed by atoms with Crippen molar-refractivity contribution in [1.29, 1.82) is 0 Å². The van der Waals surface area contributed by atoms with Gasteiger partial charge in [0.1, 0.15) is 12.7 Å². The van der Waals surface area contributed by atoms with Crippen LogP contribution in [0.3, 0.4) is 0 Å². The molecule has 0 heterocycles. The second-order valence-electron chi connectivity index (χ2n) is 5.17. The zero-order valence-electron chi connectivity index (χ0n) is 11.9. The number of hydrogen-bond acceptors (Lipinski definition) is 5. The maximum atomic E-state index is 11.3. The van der Waals surface area contributed by atoms with Crippen LogP contribution in [0.5, 0.6) is 0 Å². The highest BCUT2D eigenvalue weighted by Gasteiger charge is 2.20. The van der Waals surface area contributed by atoms with Gasteiger partial charge in [-0.15, -0.1) is 0 Å². The van der Waals surface area contributed by atoms with Gasteiger partial charge in [0, 0.05) is 17.2 Å². The van der Waals surface area contributed by atoms with Crippen molar-refractivity contribution in [2.45, 2.75) is 45.3 Å². The molecule has 108 valence electrons. The van der Waals surface area contributed by atoms with Crippen LogP contribution in [0.25, 0.3) is 0 Å². The molecule has 1 unspecified atom stereocenters. The molecule has 0 aliphatic carbocycles. The molecule has 2 N–H and O–H groups in total. The van der Waals surface area contributed by atoms with Crippen LogP contribution in [0.1, 0.15) is 33.6 Å². The van der Waals surface area contributed by atoms with E-state index >= 15 is 0 Å². The lowest BCUT2D eigenvalue weighted by molar-refractivity contribution is -0.153. The zero-order chi connectivity index (χ0) is 15.1. The van der Waals surface area contributed by atoms with Crippen LogP contribution in [0, 0.1) is 0 Å². The molecule has 0 bridgehead atoms. The van der Waals surface area contributed by atoms with E-state index in [0.717, 1.165) is 6.08 Å². The summed E-state index contributed by atoms with van der Waals surface area (Å²) in [6.07, 6.45) is 1.68. The van der Waals surface area contributed by atoms with Gasteiger partial charge in [-0.05, 0) is 33.6 Å². The smallest absolute Gasteiger partial charge is 0.333 e. The summed E-state index contributed by atoms with van der Waals surface area (Å²) in [5.74, 6) is -1.06. The predicted molar refractivity (Wildman–Crippen MR) is 73.4 cm³/mol. The highest BCUT2D eigenvalue weighted by atomic mass is 16.6. The Hall–Kier alpha value is -1.62. The lowest BCUT2D eigenvalue weighted by atomic mass is 9.98. The van der Waals surface area contributed by atoms with E-state index in [4.69, 9.17) is 15.2 Å². The van der Waals surface area contributed by atoms with Gasteiger partial charge < -0.3 is 15.2 Å². The molecule has 0 aromatic carbocycles. The maximum absolute atomic E-state index is 11.3. The van der Waals surface area contributed by atoms with Crippen LogP contribution in [-0.4, -0.2) is 30.2 Å². The number of carbonyl (C=O) groups is 2. The molecule has 0 aliphatic heterocycles. The zero-order valence-corrected chi connectivity index (χ0v) is 11.9. The normalized spacial score (nSPS) is 12.4. The Balaban J connectivity index is 4.41. The Bertz CT molecular complexity index is 355. The van der Waals surface area contributed by atoms with Crippen molar-refractivity contribution >= 4 is 11.9 Å². The molecular formula is C14H23NO4. The van der Waals surface area contributed by atoms with Crippen LogP contribution in [0.2, 0.25) is 0 Å². The van der Waals surface area contributed by atoms with Crippen molar-refractivity contribution in [3.63, 3.8) is 0 Å². The standard InChI is InChI=1S/C14H23NO4/c1-6-12(16)19-11(7-8-14(4,5)15)9-18-13(17)10(2)3/h6,11H,1-2,7-9,15H2,3-5H3. The molecule has 0 aromatic rings. The number of carbonyl (C=O) groups excluding carboxylic acids is 2. The van der Waals surface area contributed by atoms with Crippen molar-refractivity contribution in [3.05, 3.63) is 24.8 Å². The minimum absolute atomic E-state index is 0.0125. The molecule has 5 nitrogen and oxygen atoms in total. The van der Waals surface area contributed by atoms with E-state index in [-0.39, 0.29) is 12.1 Å². The van der Waals surface area contributed by atoms with Crippen molar-refractivity contribution in [2.75, 3.05) is 6.61 Å². The van der Waals surface area contributed by atoms with Crippen LogP contribution in [-0.2, 0) is 19.1 Å². The summed E-state index contributed by atoms with van der Waals surface area (Å²) in [6, 6.07) is 0. The van der Waals surface area contributed by atoms with Crippen LogP contribution in [0.4, 0.5) is 0 Å². The summed E-state index contributed by atoms with van der Waals surface area (Å²) in [7, 11) is 0. The first-order chi connectivity index (χ1) is 8.65. The second kappa shape index (κ2) is 7.74. The largest absolute Gasteiger partial charge is 0.458 e. The van der Waals surface area contributed by atoms with Gasteiger partial charge in [-0.2, -0.15) is 0 Å². The van der Waals surface area contributed by atoms with E-state index in [0.29, 0.717) is 18.4 Å². The van der Waals surface area contributed by atoms with E-state index < -0.39 is 18.0 Å². The average Bonchev–Trinajstić information content (AvgIpc) is 2.30. The van der Waals surface area contributed by atoms with Crippen molar-refractivity contribution < 1.29 is 19.1 Å². The molecule has 0 saturated heterocycles. The van der Waals surface area contributed by atoms with Gasteiger partial charge in [0.05, 0.1) is 0 Å². The molecule has 0 aromatic heterocycles. The molecule has 0 spiro atoms. The third kappa shape index (κ3) is 9.02. The summed E-state index contributed by atoms with van der Waals surface area (Å²) in [6.45, 7) is 12.1. The lowest BCUT2D eigenvalue weighted by Crippen LogP contribution is -2.34. The van der Waals surface area contributed by atoms with Gasteiger partial charge in [-0.25, -0.2) is 9.59 Å². The van der Waals surface area contributed by atoms with E-state index in [1.54, 1.807) is 6.92 Å². The minimum atomic E-state index is -0.550. The molecular weight excluding hydrogens is 246 g/mol. The topological polar surface area (TPSA) is 78.6 Å². The molecule has 1 atom stereocenters. The summed E-state index contributed by atoms with van der Waals surface area (Å²) in [5.41, 5.74) is 5.79. The van der Waals surface area contributed by atoms with Gasteiger partial charge in [0.15, 0.2) is 0 Å². The highest BCUT2D eigenvalue weighted by Crippen LogP contribution is 2.13. The first-order valence-corrected chi connectivity index (χ1v) is 6.10. The van der Waals surface area contributed by atoms with Crippen molar-refractivity contribution in [2.24, 2.45) is 5.73 Å². The van der Waals surface area contributed by atoms with Gasteiger partial charge >= 0.3 is 11.9 Å². The number of rotatable bonds is 8. The molecule has 19 heavy (non-hydrogen) atoms. The van der Waals surface area contributed by atoms with Gasteiger partial charge in [0.25, 0.3) is 0 Å². The Kier molecular flexibility index (Phi) is 7.08. The van der Waals surface area contributed by atoms with Gasteiger partial charge in [-0.1, -0.05) is 13.2 Å². The fourth-order valence-corrected chi connectivity index (χ4v) is 1.21. The first-order valence-electron chi connectivity index (χ1n) is 6.10. The van der Waals surface area contributed by atoms with E-state index in [9.17, 15) is 9.59 Å². The summed E-state index contributed by atoms with van der Waals surface area (Å²) in [5, 5.41) is 0. The number of ether oxygens (including phenoxy) is 2. The predicted octanol–water partition coefficient (Wildman–Crippen LogP) is 1.72. The quantitative estimate of drug-likeness (QED) is 0.536. The SMILES string of the molecule is C=CC(=O)OC(CCC(C)(C)N)COC(=O)C(=C)C. The summed E-state index contributed by atoms with van der Waals surface area (Å²) in [4.78, 5) is 22.5. The lowest BCUT2D eigenvalue weighted by Gasteiger charge is -2.23. The highest BCUT2D eigenvalue weighted by molar-refractivity contribution is 5.87. The molecule has 0 amide bonds. The average molecular weight is 269 g/mol. The van der Waals surface area contributed by atoms with Crippen LogP contribution >= 0.6 is 0 Å². The van der Waals surface area contributed by atoms with Crippen molar-refractivity contribution in [3.8, 4) is 0 Å². The Morgan fingerprint density at radius 3 is 2.42 bits per heavy atom. The first kappa shape index (κ1) is 17.4. The summed E-state index contributed by atoms with van der Waals surface area (Å²) < 4.78 is 10.1. The number of nitrogens with two attached hydrogens (primary N) is 1. The number of esters is 2. The molecule has 0 rings (SSSR count). The Morgan fingerprint density at radius 2 is 2.00 bits per heavy atom. The van der Waals surface area contributed by atoms with Crippen LogP contribution < -0.4 is 5.73 Å². The van der Waals surface area contributed by atoms with E-state index in [1.807, 2.05) is 13.8 Å². The minimum Gasteiger partial charge on any atom is -0.458 e. The van der Waals surface area contributed by atoms with Gasteiger partial charge in [0.2, 0.25) is 0 Å².